The summed E-state index contributed by atoms with van der Waals surface area (Å²) in [7, 11) is 0. The minimum atomic E-state index is 0.147. The van der Waals surface area contributed by atoms with E-state index >= 15 is 0 Å². The maximum Gasteiger partial charge on any atom is 0.124 e. The van der Waals surface area contributed by atoms with E-state index in [-0.39, 0.29) is 25.6 Å². The Balaban J connectivity index is 2.72. The first kappa shape index (κ1) is 21.8. The highest BCUT2D eigenvalue weighted by atomic mass is 16.3. The van der Waals surface area contributed by atoms with Crippen molar-refractivity contribution in [2.75, 3.05) is 39.5 Å². The molecule has 25 heavy (non-hydrogen) atoms. The van der Waals surface area contributed by atoms with Crippen LogP contribution < -0.4 is 16.0 Å². The van der Waals surface area contributed by atoms with Crippen molar-refractivity contribution in [1.82, 2.24) is 16.0 Å². The Hall–Kier alpha value is -1.22. The van der Waals surface area contributed by atoms with Crippen molar-refractivity contribution in [2.45, 2.75) is 38.9 Å². The average molecular weight is 355 g/mol. The van der Waals surface area contributed by atoms with Gasteiger partial charge in [-0.3, -0.25) is 0 Å². The summed E-state index contributed by atoms with van der Waals surface area (Å²) in [5.74, 6) is 0.284. The molecule has 0 spiro atoms. The first-order valence-electron chi connectivity index (χ1n) is 9.01. The number of benzene rings is 1. The quantitative estimate of drug-likeness (QED) is 0.218. The number of aliphatic hydroxyl groups is 3. The molecule has 0 radical (unpaired) electrons. The van der Waals surface area contributed by atoms with Crippen molar-refractivity contribution in [3.05, 3.63) is 28.8 Å². The zero-order valence-corrected chi connectivity index (χ0v) is 14.9. The predicted octanol–water partition coefficient (Wildman–Crippen LogP) is -0.192. The molecule has 7 nitrogen and oxygen atoms in total. The van der Waals surface area contributed by atoms with Crippen LogP contribution in [0.15, 0.2) is 12.1 Å². The molecule has 0 aliphatic rings. The van der Waals surface area contributed by atoms with E-state index in [0.29, 0.717) is 52.0 Å². The molecule has 0 saturated carbocycles. The molecule has 0 aliphatic heterocycles. The molecule has 0 atom stereocenters. The SMILES string of the molecule is OCCCNCc1cc(CNCCCO)c(O)c(CNCCCO)c1. The zero-order valence-electron chi connectivity index (χ0n) is 14.9. The Morgan fingerprint density at radius 1 is 0.640 bits per heavy atom. The number of aliphatic hydroxyl groups excluding tert-OH is 3. The van der Waals surface area contributed by atoms with Gasteiger partial charge < -0.3 is 36.4 Å². The van der Waals surface area contributed by atoms with E-state index in [0.717, 1.165) is 23.2 Å². The lowest BCUT2D eigenvalue weighted by atomic mass is 10.0. The van der Waals surface area contributed by atoms with Crippen molar-refractivity contribution in [3.8, 4) is 5.75 Å². The standard InChI is InChI=1S/C18H33N3O4/c22-7-1-4-19-12-15-10-16(13-20-5-2-8-23)18(25)17(11-15)14-21-6-3-9-24/h10-11,19-25H,1-9,12-14H2. The van der Waals surface area contributed by atoms with Crippen molar-refractivity contribution >= 4 is 0 Å². The molecule has 144 valence electrons. The molecule has 0 saturated heterocycles. The van der Waals surface area contributed by atoms with Crippen molar-refractivity contribution in [3.63, 3.8) is 0 Å². The van der Waals surface area contributed by atoms with Gasteiger partial charge in [0.1, 0.15) is 5.75 Å². The van der Waals surface area contributed by atoms with E-state index in [9.17, 15) is 5.11 Å². The summed E-state index contributed by atoms with van der Waals surface area (Å²) in [6.45, 7) is 4.35. The molecule has 0 fully saturated rings. The third kappa shape index (κ3) is 9.15. The molecule has 0 bridgehead atoms. The summed E-state index contributed by atoms with van der Waals surface area (Å²) in [5, 5.41) is 46.8. The van der Waals surface area contributed by atoms with Gasteiger partial charge in [0.25, 0.3) is 0 Å². The predicted molar refractivity (Wildman–Crippen MR) is 98.3 cm³/mol. The Bertz CT molecular complexity index is 439. The molecule has 7 heteroatoms. The second-order valence-electron chi connectivity index (χ2n) is 6.02. The number of rotatable bonds is 15. The molecule has 0 aromatic heterocycles. The van der Waals surface area contributed by atoms with Crippen LogP contribution in [-0.2, 0) is 19.6 Å². The van der Waals surface area contributed by atoms with Crippen molar-refractivity contribution in [1.29, 1.82) is 0 Å². The lowest BCUT2D eigenvalue weighted by Gasteiger charge is -2.15. The summed E-state index contributed by atoms with van der Waals surface area (Å²) in [6, 6.07) is 3.95. The van der Waals surface area contributed by atoms with Crippen LogP contribution >= 0.6 is 0 Å². The lowest BCUT2D eigenvalue weighted by molar-refractivity contribution is 0.285. The molecular weight excluding hydrogens is 322 g/mol. The van der Waals surface area contributed by atoms with Gasteiger partial charge in [-0.15, -0.1) is 0 Å². The smallest absolute Gasteiger partial charge is 0.124 e. The Kier molecular flexibility index (Phi) is 12.2. The van der Waals surface area contributed by atoms with Crippen LogP contribution in [0.5, 0.6) is 5.75 Å². The minimum Gasteiger partial charge on any atom is -0.507 e. The molecule has 1 aromatic carbocycles. The van der Waals surface area contributed by atoms with Crippen LogP contribution in [0.4, 0.5) is 0 Å². The van der Waals surface area contributed by atoms with E-state index in [1.165, 1.54) is 0 Å². The second-order valence-corrected chi connectivity index (χ2v) is 6.02. The highest BCUT2D eigenvalue weighted by Crippen LogP contribution is 2.25. The molecule has 0 heterocycles. The summed E-state index contributed by atoms with van der Waals surface area (Å²) in [4.78, 5) is 0. The van der Waals surface area contributed by atoms with Gasteiger partial charge in [-0.1, -0.05) is 0 Å². The first-order chi connectivity index (χ1) is 12.2. The summed E-state index contributed by atoms with van der Waals surface area (Å²) >= 11 is 0. The molecule has 0 amide bonds. The minimum absolute atomic E-state index is 0.147. The highest BCUT2D eigenvalue weighted by Gasteiger charge is 2.10. The van der Waals surface area contributed by atoms with Gasteiger partial charge in [0.2, 0.25) is 0 Å². The van der Waals surface area contributed by atoms with E-state index in [2.05, 4.69) is 16.0 Å². The van der Waals surface area contributed by atoms with Gasteiger partial charge in [0.05, 0.1) is 0 Å². The number of phenols is 1. The highest BCUT2D eigenvalue weighted by molar-refractivity contribution is 5.44. The summed E-state index contributed by atoms with van der Waals surface area (Å²) in [6.07, 6.45) is 2.07. The van der Waals surface area contributed by atoms with Crippen LogP contribution in [0.3, 0.4) is 0 Å². The van der Waals surface area contributed by atoms with E-state index in [1.54, 1.807) is 0 Å². The molecule has 1 aromatic rings. The fourth-order valence-electron chi connectivity index (χ4n) is 2.49. The van der Waals surface area contributed by atoms with Crippen molar-refractivity contribution < 1.29 is 20.4 Å². The van der Waals surface area contributed by atoms with Gasteiger partial charge in [0, 0.05) is 50.6 Å². The second kappa shape index (κ2) is 14.0. The van der Waals surface area contributed by atoms with E-state index in [4.69, 9.17) is 15.3 Å². The number of phenolic OH excluding ortho intramolecular Hbond substituents is 1. The monoisotopic (exact) mass is 355 g/mol. The summed E-state index contributed by atoms with van der Waals surface area (Å²) in [5.41, 5.74) is 2.74. The Morgan fingerprint density at radius 3 is 1.44 bits per heavy atom. The zero-order chi connectivity index (χ0) is 18.3. The Morgan fingerprint density at radius 2 is 1.04 bits per heavy atom. The van der Waals surface area contributed by atoms with Crippen LogP contribution in [0, 0.1) is 0 Å². The number of hydrogen-bond acceptors (Lipinski definition) is 7. The van der Waals surface area contributed by atoms with Crippen LogP contribution in [0.1, 0.15) is 36.0 Å². The molecule has 0 unspecified atom stereocenters. The van der Waals surface area contributed by atoms with Gasteiger partial charge in [-0.2, -0.15) is 0 Å². The fraction of sp³-hybridized carbons (Fsp3) is 0.667. The number of aromatic hydroxyl groups is 1. The maximum absolute atomic E-state index is 10.5. The van der Waals surface area contributed by atoms with Crippen LogP contribution in [-0.4, -0.2) is 59.9 Å². The lowest BCUT2D eigenvalue weighted by Crippen LogP contribution is -2.20. The molecule has 0 aliphatic carbocycles. The molecule has 1 rings (SSSR count). The number of nitrogens with one attached hydrogen (secondary N) is 3. The van der Waals surface area contributed by atoms with Gasteiger partial charge >= 0.3 is 0 Å². The molecule has 7 N–H and O–H groups in total. The maximum atomic E-state index is 10.5. The van der Waals surface area contributed by atoms with Crippen LogP contribution in [0.25, 0.3) is 0 Å². The number of hydrogen-bond donors (Lipinski definition) is 7. The third-order valence-electron chi connectivity index (χ3n) is 3.82. The Labute approximate surface area is 150 Å². The van der Waals surface area contributed by atoms with Crippen molar-refractivity contribution in [2.24, 2.45) is 0 Å². The van der Waals surface area contributed by atoms with E-state index < -0.39 is 0 Å². The topological polar surface area (TPSA) is 117 Å². The first-order valence-corrected chi connectivity index (χ1v) is 9.01. The third-order valence-corrected chi connectivity index (χ3v) is 3.82. The van der Waals surface area contributed by atoms with Gasteiger partial charge in [0.15, 0.2) is 0 Å². The fourth-order valence-corrected chi connectivity index (χ4v) is 2.49. The average Bonchev–Trinajstić information content (AvgIpc) is 2.62. The van der Waals surface area contributed by atoms with E-state index in [1.807, 2.05) is 12.1 Å². The summed E-state index contributed by atoms with van der Waals surface area (Å²) < 4.78 is 0. The molecular formula is C18H33N3O4. The van der Waals surface area contributed by atoms with Crippen LogP contribution in [0.2, 0.25) is 0 Å². The normalized spacial score (nSPS) is 11.2. The largest absolute Gasteiger partial charge is 0.507 e. The van der Waals surface area contributed by atoms with Gasteiger partial charge in [-0.25, -0.2) is 0 Å². The van der Waals surface area contributed by atoms with Gasteiger partial charge in [-0.05, 0) is 56.6 Å².